The van der Waals surface area contributed by atoms with Gasteiger partial charge in [-0.2, -0.15) is 0 Å². The molecule has 0 spiro atoms. The lowest BCUT2D eigenvalue weighted by Crippen LogP contribution is -2.47. The van der Waals surface area contributed by atoms with Crippen LogP contribution in [-0.4, -0.2) is 45.0 Å². The fraction of sp³-hybridized carbons (Fsp3) is 0.909. The number of nitrogens with one attached hydrogen (secondary N) is 1. The van der Waals surface area contributed by atoms with Crippen molar-refractivity contribution in [3.8, 4) is 0 Å². The number of esters is 1. The van der Waals surface area contributed by atoms with Gasteiger partial charge in [0, 0.05) is 0 Å². The Morgan fingerprint density at radius 1 is 1.17 bits per heavy atom. The van der Waals surface area contributed by atoms with Crippen LogP contribution in [0.15, 0.2) is 0 Å². The summed E-state index contributed by atoms with van der Waals surface area (Å²) in [5.41, 5.74) is -1.26. The molecule has 108 valence electrons. The second kappa shape index (κ2) is 5.99. The van der Waals surface area contributed by atoms with E-state index in [1.165, 1.54) is 0 Å². The Kier molecular flexibility index (Phi) is 5.77. The summed E-state index contributed by atoms with van der Waals surface area (Å²) in [5, 5.41) is 0. The molecule has 0 saturated heterocycles. The summed E-state index contributed by atoms with van der Waals surface area (Å²) < 4.78 is 34.7. The molecule has 0 heterocycles. The Hall–Kier alpha value is -0.660. The molecule has 0 aliphatic carbocycles. The van der Waals surface area contributed by atoms with Crippen LogP contribution in [0.1, 0.15) is 34.6 Å². The minimum atomic E-state index is -3.34. The van der Waals surface area contributed by atoms with Crippen molar-refractivity contribution < 1.29 is 22.7 Å². The van der Waals surface area contributed by atoms with Gasteiger partial charge in [-0.1, -0.05) is 0 Å². The molecule has 0 aromatic carbocycles. The average molecular weight is 281 g/mol. The van der Waals surface area contributed by atoms with E-state index in [-0.39, 0.29) is 13.2 Å². The van der Waals surface area contributed by atoms with Gasteiger partial charge < -0.3 is 9.47 Å². The number of rotatable bonds is 6. The Balaban J connectivity index is 4.13. The lowest BCUT2D eigenvalue weighted by Gasteiger charge is -2.25. The maximum Gasteiger partial charge on any atom is 0.332 e. The van der Waals surface area contributed by atoms with E-state index in [0.717, 1.165) is 6.26 Å². The van der Waals surface area contributed by atoms with Gasteiger partial charge in [0.2, 0.25) is 10.0 Å². The van der Waals surface area contributed by atoms with Gasteiger partial charge in [-0.05, 0) is 34.6 Å². The number of ether oxygens (including phenoxy) is 2. The van der Waals surface area contributed by atoms with E-state index in [1.54, 1.807) is 13.8 Å². The molecule has 0 aromatic rings. The van der Waals surface area contributed by atoms with Crippen LogP contribution < -0.4 is 4.72 Å². The quantitative estimate of drug-likeness (QED) is 0.724. The zero-order chi connectivity index (χ0) is 14.6. The monoisotopic (exact) mass is 281 g/mol. The molecule has 18 heavy (non-hydrogen) atoms. The van der Waals surface area contributed by atoms with Crippen molar-refractivity contribution in [3.05, 3.63) is 0 Å². The molecule has 0 aliphatic rings. The highest BCUT2D eigenvalue weighted by Crippen LogP contribution is 2.08. The lowest BCUT2D eigenvalue weighted by molar-refractivity contribution is -0.155. The molecular formula is C11H23NO5S. The van der Waals surface area contributed by atoms with Gasteiger partial charge in [-0.25, -0.2) is 17.9 Å². The summed E-state index contributed by atoms with van der Waals surface area (Å²) in [4.78, 5) is 11.4. The molecule has 1 N–H and O–H groups in total. The van der Waals surface area contributed by atoms with Crippen LogP contribution in [0.2, 0.25) is 0 Å². The number of hydrogen-bond donors (Lipinski definition) is 1. The van der Waals surface area contributed by atoms with Crippen LogP contribution >= 0.6 is 0 Å². The number of hydrogen-bond acceptors (Lipinski definition) is 5. The predicted octanol–water partition coefficient (Wildman–Crippen LogP) is 0.673. The van der Waals surface area contributed by atoms with Gasteiger partial charge >= 0.3 is 5.97 Å². The van der Waals surface area contributed by atoms with Crippen LogP contribution in [0.4, 0.5) is 0 Å². The van der Waals surface area contributed by atoms with E-state index in [2.05, 4.69) is 4.72 Å². The molecule has 0 bridgehead atoms. The van der Waals surface area contributed by atoms with Crippen LogP contribution in [0.3, 0.4) is 0 Å². The van der Waals surface area contributed by atoms with E-state index < -0.39 is 27.1 Å². The molecule has 0 unspecified atom stereocenters. The van der Waals surface area contributed by atoms with Crippen molar-refractivity contribution in [1.82, 2.24) is 4.72 Å². The van der Waals surface area contributed by atoms with Gasteiger partial charge in [0.15, 0.2) is 0 Å². The average Bonchev–Trinajstić information content (AvgIpc) is 2.06. The first kappa shape index (κ1) is 17.3. The molecule has 0 atom stereocenters. The van der Waals surface area contributed by atoms with Crippen LogP contribution in [0, 0.1) is 0 Å². The zero-order valence-electron chi connectivity index (χ0n) is 11.9. The summed E-state index contributed by atoms with van der Waals surface area (Å²) in [6, 6.07) is 0. The molecular weight excluding hydrogens is 258 g/mol. The van der Waals surface area contributed by atoms with Crippen LogP contribution in [-0.2, 0) is 24.3 Å². The first-order chi connectivity index (χ1) is 7.81. The van der Waals surface area contributed by atoms with Gasteiger partial charge in [-0.15, -0.1) is 0 Å². The highest BCUT2D eigenvalue weighted by Gasteiger charge is 2.24. The summed E-state index contributed by atoms with van der Waals surface area (Å²) >= 11 is 0. The van der Waals surface area contributed by atoms with Crippen molar-refractivity contribution in [1.29, 1.82) is 0 Å². The minimum absolute atomic E-state index is 0.0492. The van der Waals surface area contributed by atoms with E-state index in [0.29, 0.717) is 0 Å². The van der Waals surface area contributed by atoms with Crippen molar-refractivity contribution in [2.75, 3.05) is 19.5 Å². The summed E-state index contributed by atoms with van der Waals surface area (Å²) in [5.74, 6) is -0.520. The van der Waals surface area contributed by atoms with E-state index >= 15 is 0 Å². The van der Waals surface area contributed by atoms with E-state index in [1.807, 2.05) is 20.8 Å². The van der Waals surface area contributed by atoms with Crippen LogP contribution in [0.25, 0.3) is 0 Å². The Bertz CT molecular complexity index is 381. The maximum absolute atomic E-state index is 11.4. The molecule has 0 radical (unpaired) electrons. The zero-order valence-corrected chi connectivity index (χ0v) is 12.7. The van der Waals surface area contributed by atoms with Crippen molar-refractivity contribution in [3.63, 3.8) is 0 Å². The van der Waals surface area contributed by atoms with E-state index in [9.17, 15) is 13.2 Å². The first-order valence-corrected chi connectivity index (χ1v) is 7.48. The summed E-state index contributed by atoms with van der Waals surface area (Å²) in [6.07, 6.45) is 1.05. The highest BCUT2D eigenvalue weighted by molar-refractivity contribution is 7.88. The molecule has 0 fully saturated rings. The normalized spacial score (nSPS) is 13.4. The van der Waals surface area contributed by atoms with Gasteiger partial charge in [0.25, 0.3) is 0 Å². The SMILES string of the molecule is CC(C)(COC(=O)COC(C)(C)C)NS(C)(=O)=O. The Morgan fingerprint density at radius 2 is 1.67 bits per heavy atom. The van der Waals surface area contributed by atoms with Crippen molar-refractivity contribution in [2.24, 2.45) is 0 Å². The van der Waals surface area contributed by atoms with Gasteiger partial charge in [-0.3, -0.25) is 0 Å². The third kappa shape index (κ3) is 10.5. The number of carbonyl (C=O) groups is 1. The molecule has 0 aliphatic heterocycles. The predicted molar refractivity (Wildman–Crippen MR) is 68.7 cm³/mol. The molecule has 7 heteroatoms. The van der Waals surface area contributed by atoms with Gasteiger partial charge in [0.05, 0.1) is 17.4 Å². The largest absolute Gasteiger partial charge is 0.462 e. The molecule has 0 rings (SSSR count). The maximum atomic E-state index is 11.4. The topological polar surface area (TPSA) is 81.7 Å². The third-order valence-electron chi connectivity index (χ3n) is 1.68. The third-order valence-corrected chi connectivity index (χ3v) is 2.60. The molecule has 0 saturated carbocycles. The Morgan fingerprint density at radius 3 is 2.06 bits per heavy atom. The highest BCUT2D eigenvalue weighted by atomic mass is 32.2. The molecule has 0 amide bonds. The number of sulfonamides is 1. The fourth-order valence-electron chi connectivity index (χ4n) is 1.11. The second-order valence-corrected chi connectivity index (χ2v) is 7.57. The van der Waals surface area contributed by atoms with Gasteiger partial charge in [0.1, 0.15) is 13.2 Å². The van der Waals surface area contributed by atoms with Crippen molar-refractivity contribution >= 4 is 16.0 Å². The standard InChI is InChI=1S/C11H23NO5S/c1-10(2,3)17-7-9(13)16-8-11(4,5)12-18(6,14)15/h12H,7-8H2,1-6H3. The Labute approximate surface area is 109 Å². The minimum Gasteiger partial charge on any atom is -0.462 e. The summed E-state index contributed by atoms with van der Waals surface area (Å²) in [6.45, 7) is 8.54. The van der Waals surface area contributed by atoms with E-state index in [4.69, 9.17) is 9.47 Å². The van der Waals surface area contributed by atoms with Crippen molar-refractivity contribution in [2.45, 2.75) is 45.8 Å². The smallest absolute Gasteiger partial charge is 0.332 e. The molecule has 6 nitrogen and oxygen atoms in total. The fourth-order valence-corrected chi connectivity index (χ4v) is 2.17. The summed E-state index contributed by atoms with van der Waals surface area (Å²) in [7, 11) is -3.34. The lowest BCUT2D eigenvalue weighted by atomic mass is 10.1. The second-order valence-electron chi connectivity index (χ2n) is 5.82. The number of carbonyl (C=O) groups excluding carboxylic acids is 1. The molecule has 0 aromatic heterocycles. The van der Waals surface area contributed by atoms with Crippen LogP contribution in [0.5, 0.6) is 0 Å². The first-order valence-electron chi connectivity index (χ1n) is 5.59.